The number of nitrogens with zero attached hydrogens (tertiary/aromatic N) is 1. The molecule has 0 spiro atoms. The van der Waals surface area contributed by atoms with Crippen molar-refractivity contribution in [1.29, 1.82) is 0 Å². The van der Waals surface area contributed by atoms with Crippen LogP contribution in [-0.2, 0) is 12.0 Å². The van der Waals surface area contributed by atoms with Gasteiger partial charge in [0, 0.05) is 16.3 Å². The lowest BCUT2D eigenvalue weighted by Gasteiger charge is -2.31. The van der Waals surface area contributed by atoms with Crippen LogP contribution in [0.25, 0.3) is 0 Å². The molecule has 0 aliphatic carbocycles. The maximum Gasteiger partial charge on any atom is 0.0328 e. The SMILES string of the molecule is CNCCC1CCN(Cc2ccc(C(C)(C)C)s2)CC1.Cl. The van der Waals surface area contributed by atoms with E-state index in [0.717, 1.165) is 12.5 Å². The molecule has 0 atom stereocenters. The van der Waals surface area contributed by atoms with E-state index in [1.807, 2.05) is 11.3 Å². The van der Waals surface area contributed by atoms with E-state index in [-0.39, 0.29) is 12.4 Å². The fourth-order valence-electron chi connectivity index (χ4n) is 2.87. The maximum atomic E-state index is 3.27. The monoisotopic (exact) mass is 330 g/mol. The Morgan fingerprint density at radius 2 is 1.90 bits per heavy atom. The number of thiophene rings is 1. The van der Waals surface area contributed by atoms with Gasteiger partial charge in [-0.05, 0) is 69.4 Å². The highest BCUT2D eigenvalue weighted by Crippen LogP contribution is 2.31. The highest BCUT2D eigenvalue weighted by Gasteiger charge is 2.20. The Morgan fingerprint density at radius 1 is 1.24 bits per heavy atom. The van der Waals surface area contributed by atoms with Crippen molar-refractivity contribution in [1.82, 2.24) is 10.2 Å². The third kappa shape index (κ3) is 5.90. The van der Waals surface area contributed by atoms with Crippen LogP contribution < -0.4 is 5.32 Å². The van der Waals surface area contributed by atoms with Crippen LogP contribution in [0.2, 0.25) is 0 Å². The van der Waals surface area contributed by atoms with E-state index >= 15 is 0 Å². The first-order valence-electron chi connectivity index (χ1n) is 7.95. The molecule has 1 N–H and O–H groups in total. The summed E-state index contributed by atoms with van der Waals surface area (Å²) in [6.45, 7) is 11.8. The average molecular weight is 331 g/mol. The van der Waals surface area contributed by atoms with Crippen LogP contribution in [0.15, 0.2) is 12.1 Å². The topological polar surface area (TPSA) is 15.3 Å². The summed E-state index contributed by atoms with van der Waals surface area (Å²) in [6, 6.07) is 4.65. The van der Waals surface area contributed by atoms with Gasteiger partial charge in [-0.15, -0.1) is 23.7 Å². The number of nitrogens with one attached hydrogen (secondary N) is 1. The van der Waals surface area contributed by atoms with Crippen LogP contribution in [0, 0.1) is 5.92 Å². The molecule has 0 bridgehead atoms. The van der Waals surface area contributed by atoms with Crippen molar-refractivity contribution in [2.24, 2.45) is 5.92 Å². The molecule has 0 amide bonds. The lowest BCUT2D eigenvalue weighted by molar-refractivity contribution is 0.173. The molecule has 122 valence electrons. The molecule has 1 aromatic heterocycles. The number of piperidine rings is 1. The summed E-state index contributed by atoms with van der Waals surface area (Å²) in [5, 5.41) is 3.27. The number of rotatable bonds is 5. The summed E-state index contributed by atoms with van der Waals surface area (Å²) in [4.78, 5) is 5.67. The second-order valence-corrected chi connectivity index (χ2v) is 8.30. The molecule has 1 aromatic rings. The molecular weight excluding hydrogens is 300 g/mol. The van der Waals surface area contributed by atoms with Gasteiger partial charge in [-0.3, -0.25) is 4.90 Å². The lowest BCUT2D eigenvalue weighted by atomic mass is 9.93. The van der Waals surface area contributed by atoms with Crippen LogP contribution in [0.1, 0.15) is 49.8 Å². The van der Waals surface area contributed by atoms with Gasteiger partial charge in [-0.2, -0.15) is 0 Å². The van der Waals surface area contributed by atoms with Crippen molar-refractivity contribution in [2.45, 2.75) is 52.0 Å². The van der Waals surface area contributed by atoms with E-state index in [1.165, 1.54) is 48.7 Å². The largest absolute Gasteiger partial charge is 0.320 e. The molecular formula is C17H31ClN2S. The molecule has 2 heterocycles. The van der Waals surface area contributed by atoms with Crippen molar-refractivity contribution in [3.8, 4) is 0 Å². The molecule has 1 aliphatic heterocycles. The zero-order chi connectivity index (χ0) is 14.6. The van der Waals surface area contributed by atoms with Crippen LogP contribution in [0.3, 0.4) is 0 Å². The molecule has 1 aliphatic rings. The van der Waals surface area contributed by atoms with E-state index in [9.17, 15) is 0 Å². The Morgan fingerprint density at radius 3 is 2.43 bits per heavy atom. The van der Waals surface area contributed by atoms with Crippen LogP contribution in [-0.4, -0.2) is 31.6 Å². The van der Waals surface area contributed by atoms with Crippen molar-refractivity contribution >= 4 is 23.7 Å². The Balaban J connectivity index is 0.00000220. The van der Waals surface area contributed by atoms with Gasteiger partial charge in [-0.25, -0.2) is 0 Å². The Bertz CT molecular complexity index is 403. The van der Waals surface area contributed by atoms with Crippen LogP contribution in [0.5, 0.6) is 0 Å². The van der Waals surface area contributed by atoms with Gasteiger partial charge < -0.3 is 5.32 Å². The molecule has 0 saturated carbocycles. The minimum Gasteiger partial charge on any atom is -0.320 e. The maximum absolute atomic E-state index is 3.27. The molecule has 1 fully saturated rings. The molecule has 2 nitrogen and oxygen atoms in total. The van der Waals surface area contributed by atoms with Crippen LogP contribution >= 0.6 is 23.7 Å². The minimum atomic E-state index is 0. The van der Waals surface area contributed by atoms with Crippen molar-refractivity contribution in [2.75, 3.05) is 26.7 Å². The van der Waals surface area contributed by atoms with Gasteiger partial charge in [0.25, 0.3) is 0 Å². The predicted molar refractivity (Wildman–Crippen MR) is 96.8 cm³/mol. The number of hydrogen-bond acceptors (Lipinski definition) is 3. The normalized spacial score (nSPS) is 17.7. The van der Waals surface area contributed by atoms with Gasteiger partial charge in [-0.1, -0.05) is 20.8 Å². The fourth-order valence-corrected chi connectivity index (χ4v) is 3.98. The summed E-state index contributed by atoms with van der Waals surface area (Å²) >= 11 is 2.00. The fraction of sp³-hybridized carbons (Fsp3) is 0.765. The minimum absolute atomic E-state index is 0. The van der Waals surface area contributed by atoms with E-state index in [2.05, 4.69) is 50.2 Å². The summed E-state index contributed by atoms with van der Waals surface area (Å²) in [5.74, 6) is 0.937. The lowest BCUT2D eigenvalue weighted by Crippen LogP contribution is -2.33. The molecule has 0 aromatic carbocycles. The second kappa shape index (κ2) is 8.52. The highest BCUT2D eigenvalue weighted by atomic mass is 35.5. The summed E-state index contributed by atoms with van der Waals surface area (Å²) < 4.78 is 0. The molecule has 0 radical (unpaired) electrons. The Kier molecular flexibility index (Phi) is 7.69. The summed E-state index contributed by atoms with van der Waals surface area (Å²) in [5.41, 5.74) is 0.295. The van der Waals surface area contributed by atoms with Gasteiger partial charge in [0.2, 0.25) is 0 Å². The van der Waals surface area contributed by atoms with Crippen LogP contribution in [0.4, 0.5) is 0 Å². The Hall–Kier alpha value is -0.0900. The molecule has 21 heavy (non-hydrogen) atoms. The molecule has 1 saturated heterocycles. The summed E-state index contributed by atoms with van der Waals surface area (Å²) in [7, 11) is 2.05. The van der Waals surface area contributed by atoms with E-state index in [4.69, 9.17) is 0 Å². The number of hydrogen-bond donors (Lipinski definition) is 1. The van der Waals surface area contributed by atoms with Crippen molar-refractivity contribution in [3.05, 3.63) is 21.9 Å². The predicted octanol–water partition coefficient (Wildman–Crippen LogP) is 4.29. The highest BCUT2D eigenvalue weighted by molar-refractivity contribution is 7.12. The smallest absolute Gasteiger partial charge is 0.0328 e. The Labute approximate surface area is 140 Å². The van der Waals surface area contributed by atoms with Crippen molar-refractivity contribution in [3.63, 3.8) is 0 Å². The first kappa shape index (κ1) is 19.0. The van der Waals surface area contributed by atoms with E-state index < -0.39 is 0 Å². The zero-order valence-electron chi connectivity index (χ0n) is 13.9. The molecule has 0 unspecified atom stereocenters. The van der Waals surface area contributed by atoms with Crippen molar-refractivity contribution < 1.29 is 0 Å². The van der Waals surface area contributed by atoms with Gasteiger partial charge in [0.1, 0.15) is 0 Å². The standard InChI is InChI=1S/C17H30N2S.ClH/c1-17(2,3)16-6-5-15(20-16)13-19-11-8-14(9-12-19)7-10-18-4;/h5-6,14,18H,7-13H2,1-4H3;1H. The average Bonchev–Trinajstić information content (AvgIpc) is 2.86. The van der Waals surface area contributed by atoms with Gasteiger partial charge >= 0.3 is 0 Å². The first-order valence-corrected chi connectivity index (χ1v) is 8.77. The first-order chi connectivity index (χ1) is 9.49. The number of halogens is 1. The quantitative estimate of drug-likeness (QED) is 0.866. The molecule has 4 heteroatoms. The zero-order valence-corrected chi connectivity index (χ0v) is 15.6. The van der Waals surface area contributed by atoms with Gasteiger partial charge in [0.15, 0.2) is 0 Å². The molecule has 2 rings (SSSR count). The van der Waals surface area contributed by atoms with E-state index in [1.54, 1.807) is 0 Å². The van der Waals surface area contributed by atoms with Gasteiger partial charge in [0.05, 0.1) is 0 Å². The second-order valence-electron chi connectivity index (χ2n) is 7.13. The third-order valence-electron chi connectivity index (χ3n) is 4.29. The number of likely N-dealkylation sites (tertiary alicyclic amines) is 1. The summed E-state index contributed by atoms with van der Waals surface area (Å²) in [6.07, 6.45) is 4.09. The third-order valence-corrected chi connectivity index (χ3v) is 5.79. The van der Waals surface area contributed by atoms with E-state index in [0.29, 0.717) is 5.41 Å².